The number of rotatable bonds is 12. The Labute approximate surface area is 185 Å². The first-order chi connectivity index (χ1) is 15.2. The first-order valence-electron chi connectivity index (χ1n) is 10.3. The molecule has 0 aromatic heterocycles. The Morgan fingerprint density at radius 2 is 1.19 bits per heavy atom. The van der Waals surface area contributed by atoms with Gasteiger partial charge in [0.05, 0.1) is 5.69 Å². The van der Waals surface area contributed by atoms with Gasteiger partial charge in [0.2, 0.25) is 0 Å². The lowest BCUT2D eigenvalue weighted by Gasteiger charge is -2.23. The number of hydrogen-bond acceptors (Lipinski definition) is 5. The molecule has 0 spiro atoms. The van der Waals surface area contributed by atoms with Crippen LogP contribution in [0.2, 0.25) is 0 Å². The highest BCUT2D eigenvalue weighted by Gasteiger charge is 2.20. The van der Waals surface area contributed by atoms with Crippen molar-refractivity contribution in [1.29, 1.82) is 0 Å². The second kappa shape index (κ2) is 10.9. The van der Waals surface area contributed by atoms with Crippen molar-refractivity contribution in [3.63, 3.8) is 0 Å². The minimum absolute atomic E-state index is 0.457. The molecule has 0 fully saturated rings. The summed E-state index contributed by atoms with van der Waals surface area (Å²) in [4.78, 5) is 15.0. The van der Waals surface area contributed by atoms with Crippen LogP contribution >= 0.6 is 0 Å². The zero-order valence-electron chi connectivity index (χ0n) is 18.0. The largest absolute Gasteiger partial charge is 0.364 e. The van der Waals surface area contributed by atoms with E-state index in [-0.39, 0.29) is 0 Å². The molecule has 5 nitrogen and oxygen atoms in total. The number of nitrogens with zero attached hydrogens (tertiary/aromatic N) is 4. The third-order valence-corrected chi connectivity index (χ3v) is 4.92. The summed E-state index contributed by atoms with van der Waals surface area (Å²) in [5, 5.41) is 1.79. The number of anilines is 3. The van der Waals surface area contributed by atoms with Crippen LogP contribution in [-0.2, 0) is 4.84 Å². The maximum atomic E-state index is 6.02. The molecule has 1 aliphatic rings. The van der Waals surface area contributed by atoms with Crippen molar-refractivity contribution in [1.82, 2.24) is 0 Å². The molecule has 0 amide bonds. The summed E-state index contributed by atoms with van der Waals surface area (Å²) in [6, 6.07) is 16.4. The maximum absolute atomic E-state index is 6.02. The van der Waals surface area contributed by atoms with Crippen molar-refractivity contribution in [2.75, 3.05) is 47.7 Å². The van der Waals surface area contributed by atoms with Gasteiger partial charge in [-0.3, -0.25) is 0 Å². The van der Waals surface area contributed by atoms with Gasteiger partial charge in [-0.05, 0) is 48.5 Å². The van der Waals surface area contributed by atoms with Crippen LogP contribution in [0.25, 0.3) is 0 Å². The average molecular weight is 415 g/mol. The van der Waals surface area contributed by atoms with Crippen LogP contribution in [-0.4, -0.2) is 38.7 Å². The minimum atomic E-state index is 0.457. The highest BCUT2D eigenvalue weighted by atomic mass is 16.7. The zero-order valence-corrected chi connectivity index (χ0v) is 18.0. The van der Waals surface area contributed by atoms with Gasteiger partial charge in [0.15, 0.2) is 0 Å². The molecule has 3 rings (SSSR count). The molecule has 1 heterocycles. The summed E-state index contributed by atoms with van der Waals surface area (Å²) >= 11 is 0. The van der Waals surface area contributed by atoms with Gasteiger partial charge in [0.1, 0.15) is 6.67 Å². The second-order valence-corrected chi connectivity index (χ2v) is 7.10. The van der Waals surface area contributed by atoms with E-state index in [9.17, 15) is 0 Å². The first kappa shape index (κ1) is 22.0. The SMILES string of the molecule is C=CCN(CC=C)c1ccc(C2=NCN(c3ccc(N(CC=C)CC=C)cc3)O2)cc1. The number of benzene rings is 2. The average Bonchev–Trinajstić information content (AvgIpc) is 3.29. The molecular weight excluding hydrogens is 384 g/mol. The van der Waals surface area contributed by atoms with Gasteiger partial charge in [-0.25, -0.2) is 4.99 Å². The van der Waals surface area contributed by atoms with E-state index < -0.39 is 0 Å². The Morgan fingerprint density at radius 3 is 1.65 bits per heavy atom. The predicted molar refractivity (Wildman–Crippen MR) is 133 cm³/mol. The van der Waals surface area contributed by atoms with Crippen molar-refractivity contribution in [2.24, 2.45) is 4.99 Å². The number of aliphatic imine (C=N–C) groups is 1. The lowest BCUT2D eigenvalue weighted by molar-refractivity contribution is 0.300. The summed E-state index contributed by atoms with van der Waals surface area (Å²) < 4.78 is 0. The molecular formula is C26H30N4O. The fourth-order valence-electron chi connectivity index (χ4n) is 3.41. The topological polar surface area (TPSA) is 31.3 Å². The number of hydrogen-bond donors (Lipinski definition) is 0. The monoisotopic (exact) mass is 414 g/mol. The van der Waals surface area contributed by atoms with E-state index in [0.717, 1.165) is 48.8 Å². The van der Waals surface area contributed by atoms with Gasteiger partial charge in [-0.1, -0.05) is 24.3 Å². The Balaban J connectivity index is 1.65. The van der Waals surface area contributed by atoms with Gasteiger partial charge in [-0.2, -0.15) is 5.06 Å². The van der Waals surface area contributed by atoms with E-state index in [1.54, 1.807) is 5.06 Å². The van der Waals surface area contributed by atoms with Gasteiger partial charge < -0.3 is 14.6 Å². The van der Waals surface area contributed by atoms with Crippen LogP contribution in [0.3, 0.4) is 0 Å². The lowest BCUT2D eigenvalue weighted by Crippen LogP contribution is -2.24. The summed E-state index contributed by atoms with van der Waals surface area (Å²) in [5.74, 6) is 0.620. The van der Waals surface area contributed by atoms with Crippen molar-refractivity contribution in [3.8, 4) is 0 Å². The van der Waals surface area contributed by atoms with Crippen molar-refractivity contribution in [3.05, 3.63) is 105 Å². The smallest absolute Gasteiger partial charge is 0.250 e. The van der Waals surface area contributed by atoms with Gasteiger partial charge in [0.25, 0.3) is 5.90 Å². The van der Waals surface area contributed by atoms with Crippen LogP contribution in [0, 0.1) is 0 Å². The van der Waals surface area contributed by atoms with Crippen molar-refractivity contribution < 1.29 is 4.84 Å². The fourth-order valence-corrected chi connectivity index (χ4v) is 3.41. The molecule has 160 valence electrons. The molecule has 1 aliphatic heterocycles. The molecule has 2 aromatic rings. The highest BCUT2D eigenvalue weighted by molar-refractivity contribution is 5.96. The summed E-state index contributed by atoms with van der Waals surface area (Å²) in [7, 11) is 0. The van der Waals surface area contributed by atoms with Crippen LogP contribution in [0.15, 0.2) is 104 Å². The summed E-state index contributed by atoms with van der Waals surface area (Å²) in [6.07, 6.45) is 7.55. The van der Waals surface area contributed by atoms with Crippen molar-refractivity contribution in [2.45, 2.75) is 0 Å². The molecule has 0 aliphatic carbocycles. The predicted octanol–water partition coefficient (Wildman–Crippen LogP) is 5.20. The molecule has 0 saturated carbocycles. The van der Waals surface area contributed by atoms with Gasteiger partial charge >= 0.3 is 0 Å². The molecule has 0 N–H and O–H groups in total. The molecule has 2 aromatic carbocycles. The third kappa shape index (κ3) is 5.45. The van der Waals surface area contributed by atoms with Crippen LogP contribution in [0.4, 0.5) is 17.1 Å². The molecule has 0 unspecified atom stereocenters. The Kier molecular flexibility index (Phi) is 7.71. The maximum Gasteiger partial charge on any atom is 0.250 e. The Morgan fingerprint density at radius 1 is 0.742 bits per heavy atom. The van der Waals surface area contributed by atoms with E-state index in [0.29, 0.717) is 12.6 Å². The zero-order chi connectivity index (χ0) is 22.1. The quantitative estimate of drug-likeness (QED) is 0.447. The summed E-state index contributed by atoms with van der Waals surface area (Å²) in [5.41, 5.74) is 4.13. The van der Waals surface area contributed by atoms with E-state index in [1.807, 2.05) is 48.6 Å². The van der Waals surface area contributed by atoms with Crippen LogP contribution < -0.4 is 14.9 Å². The lowest BCUT2D eigenvalue weighted by atomic mass is 10.2. The van der Waals surface area contributed by atoms with E-state index in [4.69, 9.17) is 4.84 Å². The standard InChI is InChI=1S/C26H30N4O/c1-5-17-28(18-6-2)23-11-9-22(10-12-23)26-27-21-30(31-26)25-15-13-24(14-16-25)29(19-7-3)20-8-4/h5-16H,1-4,17-21H2. The van der Waals surface area contributed by atoms with E-state index in [2.05, 4.69) is 65.4 Å². The van der Waals surface area contributed by atoms with Crippen molar-refractivity contribution >= 4 is 23.0 Å². The molecule has 5 heteroatoms. The highest BCUT2D eigenvalue weighted by Crippen LogP contribution is 2.25. The molecule has 0 saturated heterocycles. The number of hydroxylamine groups is 1. The summed E-state index contributed by atoms with van der Waals surface area (Å²) in [6.45, 7) is 18.8. The first-order valence-corrected chi connectivity index (χ1v) is 10.3. The second-order valence-electron chi connectivity index (χ2n) is 7.10. The molecule has 0 atom stereocenters. The molecule has 31 heavy (non-hydrogen) atoms. The minimum Gasteiger partial charge on any atom is -0.364 e. The third-order valence-electron chi connectivity index (χ3n) is 4.92. The fraction of sp³-hybridized carbons (Fsp3) is 0.192. The van der Waals surface area contributed by atoms with Gasteiger partial charge in [-0.15, -0.1) is 26.3 Å². The van der Waals surface area contributed by atoms with Crippen LogP contribution in [0.5, 0.6) is 0 Å². The van der Waals surface area contributed by atoms with Crippen LogP contribution in [0.1, 0.15) is 5.56 Å². The van der Waals surface area contributed by atoms with E-state index in [1.165, 1.54) is 0 Å². The Bertz CT molecular complexity index is 911. The molecule has 0 radical (unpaired) electrons. The normalized spacial score (nSPS) is 12.5. The van der Waals surface area contributed by atoms with Gasteiger partial charge in [0, 0.05) is 43.1 Å². The Hall–Kier alpha value is -3.73. The molecule has 0 bridgehead atoms. The van der Waals surface area contributed by atoms with E-state index >= 15 is 0 Å².